The molecule has 0 spiro atoms. The van der Waals surface area contributed by atoms with Gasteiger partial charge in [0.1, 0.15) is 5.92 Å². The second-order valence-corrected chi connectivity index (χ2v) is 25.7. The first-order valence-corrected chi connectivity index (χ1v) is 35.7. The summed E-state index contributed by atoms with van der Waals surface area (Å²) in [5.74, 6) is -2.89. The van der Waals surface area contributed by atoms with Gasteiger partial charge >= 0.3 is 5.97 Å². The summed E-state index contributed by atoms with van der Waals surface area (Å²) in [5, 5.41) is 42.1. The number of esters is 1. The number of aromatic amines is 1. The first-order chi connectivity index (χ1) is 46.3. The molecule has 2 fully saturated rings. The van der Waals surface area contributed by atoms with E-state index in [4.69, 9.17) is 26.2 Å². The van der Waals surface area contributed by atoms with Gasteiger partial charge in [0.2, 0.25) is 5.91 Å². The summed E-state index contributed by atoms with van der Waals surface area (Å²) >= 11 is 0. The number of amides is 1. The molecule has 17 N–H and O–H groups in total. The molecule has 1 aliphatic carbocycles. The Labute approximate surface area is 569 Å². The van der Waals surface area contributed by atoms with Crippen LogP contribution in [0, 0.1) is 30.6 Å². The van der Waals surface area contributed by atoms with E-state index < -0.39 is 23.8 Å². The Balaban J connectivity index is 1.17. The molecule has 25 heteroatoms. The van der Waals surface area contributed by atoms with E-state index in [1.807, 2.05) is 40.2 Å². The summed E-state index contributed by atoms with van der Waals surface area (Å²) in [6.45, 7) is 42.3. The van der Waals surface area contributed by atoms with Crippen molar-refractivity contribution >= 4 is 41.2 Å². The zero-order valence-electron chi connectivity index (χ0n) is 59.6. The predicted molar refractivity (Wildman–Crippen MR) is 391 cm³/mol. The van der Waals surface area contributed by atoms with Gasteiger partial charge in [0.05, 0.1) is 29.9 Å². The third kappa shape index (κ3) is 24.4. The third-order valence-electron chi connectivity index (χ3n) is 19.3. The minimum Gasteiger partial charge on any atom is -0.468 e. The first-order valence-electron chi connectivity index (χ1n) is 35.7. The molecule has 1 amide bonds. The fraction of sp³-hybridized carbons (Fsp3) is 0.700. The van der Waals surface area contributed by atoms with Crippen LogP contribution in [0.2, 0.25) is 0 Å². The molecule has 25 nitrogen and oxygen atoms in total. The van der Waals surface area contributed by atoms with Gasteiger partial charge < -0.3 is 85.0 Å². The standard InChI is InChI=1S/C70H125N21O4/c1-11-54-50(3)57-47-59-52(5)56(67(86-59)65-66(70(94)95-10)69(93)64-53(6)60(87-68(64)65)49-62-55(12-2)51(4)58(85-62)48-61(54)84-57)13-14-63(92)83-34-44-91(43-33-81-30-37-88(35-16-72)36-27-78-22-19-74-8)46-45-90(41-29-80-25-24-77-21-18-73-7)42-32-82-31-40-89(38-26-76-17-15-71)39-28-79-23-20-75-9/h11,47-49,52,56,65-67,73-82,85-86H,1,12-46,71-72H2,2-10H3,(H,83,92)/b59-47-,60-49-,61-48-. The lowest BCUT2D eigenvalue weighted by molar-refractivity contribution is -0.149. The molecular formula is C70H125N21O4. The van der Waals surface area contributed by atoms with Gasteiger partial charge in [0.15, 0.2) is 5.78 Å². The maximum atomic E-state index is 14.8. The molecule has 5 aliphatic rings. The molecule has 8 bridgehead atoms. The highest BCUT2D eigenvalue weighted by Crippen LogP contribution is 2.48. The number of ether oxygens (including phenoxy) is 1. The van der Waals surface area contributed by atoms with E-state index in [1.165, 1.54) is 7.11 Å². The van der Waals surface area contributed by atoms with Crippen LogP contribution < -0.4 is 75.3 Å². The summed E-state index contributed by atoms with van der Waals surface area (Å²) in [7, 11) is 7.28. The number of likely N-dealkylation sites (N-methyl/N-ethyl adjacent to an activating group) is 3. The van der Waals surface area contributed by atoms with Crippen LogP contribution >= 0.6 is 0 Å². The van der Waals surface area contributed by atoms with Crippen LogP contribution in [-0.2, 0) is 25.5 Å². The van der Waals surface area contributed by atoms with Crippen molar-refractivity contribution in [3.05, 3.63) is 80.6 Å². The Bertz CT molecular complexity index is 2770. The van der Waals surface area contributed by atoms with Gasteiger partial charge in [-0.25, -0.2) is 4.99 Å². The van der Waals surface area contributed by atoms with E-state index >= 15 is 0 Å². The summed E-state index contributed by atoms with van der Waals surface area (Å²) in [4.78, 5) is 67.3. The number of fused-ring (bicyclic) bond motifs is 7. The number of methoxy groups -OCH3 is 1. The number of Topliss-reactive ketones (excluding diaryl/α,β-unsaturated/α-hetero) is 1. The number of carbonyl (C=O) groups excluding carboxylic acids is 3. The predicted octanol–water partition coefficient (Wildman–Crippen LogP) is -0.788. The monoisotopic (exact) mass is 1320 g/mol. The van der Waals surface area contributed by atoms with Crippen molar-refractivity contribution in [3.8, 4) is 0 Å². The fourth-order valence-electron chi connectivity index (χ4n) is 13.6. The van der Waals surface area contributed by atoms with E-state index in [2.05, 4.69) is 135 Å². The molecule has 5 atom stereocenters. The second kappa shape index (κ2) is 44.0. The van der Waals surface area contributed by atoms with Crippen molar-refractivity contribution < 1.29 is 19.1 Å². The van der Waals surface area contributed by atoms with Crippen molar-refractivity contribution in [1.29, 1.82) is 0 Å². The van der Waals surface area contributed by atoms with E-state index in [1.54, 1.807) is 0 Å². The number of ketones is 1. The summed E-state index contributed by atoms with van der Waals surface area (Å²) in [6, 6.07) is -0.428. The van der Waals surface area contributed by atoms with Crippen molar-refractivity contribution in [2.45, 2.75) is 59.9 Å². The summed E-state index contributed by atoms with van der Waals surface area (Å²) < 4.78 is 5.44. The van der Waals surface area contributed by atoms with Gasteiger partial charge in [-0.15, -0.1) is 0 Å². The number of nitrogens with one attached hydrogen (secondary N) is 13. The third-order valence-corrected chi connectivity index (χ3v) is 19.3. The van der Waals surface area contributed by atoms with Crippen LogP contribution in [0.4, 0.5) is 0 Å². The topological polar surface area (TPSA) is 310 Å². The van der Waals surface area contributed by atoms with Crippen molar-refractivity contribution in [2.75, 3.05) is 238 Å². The SMILES string of the molecule is C=CC1=C(C)C2=NC/1=C\c1[nH]c(c(CC)c1C)/C=C1\N=C3C(=C1C)C(=O)C(C(=O)OC)C3C1N/C(=C\2)C(C)C1CCC(=O)NCCN(CCNCCN(CCN)CCNCCNC)CCN(CCNCCNCCNC)CCNCCN(CCNCCN)CCNCCNC. The summed E-state index contributed by atoms with van der Waals surface area (Å²) in [5.41, 5.74) is 23.0. The Hall–Kier alpha value is -5.17. The minimum absolute atomic E-state index is 0.0386. The van der Waals surface area contributed by atoms with Gasteiger partial charge in [-0.2, -0.15) is 0 Å². The Kier molecular flexibility index (Phi) is 36.5. The van der Waals surface area contributed by atoms with Crippen molar-refractivity contribution in [3.63, 3.8) is 0 Å². The molecule has 0 aromatic carbocycles. The summed E-state index contributed by atoms with van der Waals surface area (Å²) in [6.07, 6.45) is 9.67. The second-order valence-electron chi connectivity index (χ2n) is 25.7. The zero-order valence-corrected chi connectivity index (χ0v) is 59.6. The Morgan fingerprint density at radius 2 is 1.09 bits per heavy atom. The lowest BCUT2D eigenvalue weighted by atomic mass is 9.76. The average Bonchev–Trinajstić information content (AvgIpc) is 1.57. The molecule has 95 heavy (non-hydrogen) atoms. The first kappa shape index (κ1) is 78.8. The molecule has 6 rings (SSSR count). The number of hydrogen-bond donors (Lipinski definition) is 15. The van der Waals surface area contributed by atoms with E-state index in [0.29, 0.717) is 49.6 Å². The quantitative estimate of drug-likeness (QED) is 0.0216. The number of hydrogen-bond acceptors (Lipinski definition) is 23. The molecule has 5 unspecified atom stereocenters. The Morgan fingerprint density at radius 3 is 1.60 bits per heavy atom. The highest BCUT2D eigenvalue weighted by molar-refractivity contribution is 6.36. The molecule has 1 aromatic heterocycles. The molecule has 1 saturated heterocycles. The van der Waals surface area contributed by atoms with Crippen LogP contribution in [0.25, 0.3) is 12.2 Å². The van der Waals surface area contributed by atoms with Crippen molar-refractivity contribution in [2.24, 2.45) is 45.1 Å². The number of allylic oxidation sites excluding steroid dienone is 6. The van der Waals surface area contributed by atoms with E-state index in [9.17, 15) is 14.4 Å². The molecule has 1 saturated carbocycles. The maximum Gasteiger partial charge on any atom is 0.317 e. The van der Waals surface area contributed by atoms with Gasteiger partial charge in [0, 0.05) is 262 Å². The molecule has 1 aromatic rings. The number of carbonyl (C=O) groups is 3. The highest BCUT2D eigenvalue weighted by atomic mass is 16.5. The normalized spacial score (nSPS) is 20.9. The minimum atomic E-state index is -1.09. The van der Waals surface area contributed by atoms with Gasteiger partial charge in [0.25, 0.3) is 0 Å². The number of nitrogens with two attached hydrogens (primary N) is 2. The largest absolute Gasteiger partial charge is 0.468 e. The van der Waals surface area contributed by atoms with Crippen molar-refractivity contribution in [1.82, 2.24) is 88.4 Å². The lowest BCUT2D eigenvalue weighted by Crippen LogP contribution is -2.46. The number of H-pyrrole nitrogens is 1. The van der Waals surface area contributed by atoms with Gasteiger partial charge in [-0.05, 0) is 101 Å². The highest BCUT2D eigenvalue weighted by Gasteiger charge is 2.57. The molecule has 5 heterocycles. The number of nitrogens with zero attached hydrogens (tertiary/aromatic N) is 6. The Morgan fingerprint density at radius 1 is 0.611 bits per heavy atom. The van der Waals surface area contributed by atoms with Crippen LogP contribution in [0.3, 0.4) is 0 Å². The molecule has 0 radical (unpaired) electrons. The maximum absolute atomic E-state index is 14.8. The number of rotatable bonds is 52. The molecular weight excluding hydrogens is 1200 g/mol. The zero-order chi connectivity index (χ0) is 68.3. The van der Waals surface area contributed by atoms with E-state index in [-0.39, 0.29) is 29.9 Å². The van der Waals surface area contributed by atoms with E-state index in [0.717, 1.165) is 246 Å². The molecule has 4 aliphatic heterocycles. The molecule has 534 valence electrons. The van der Waals surface area contributed by atoms with Gasteiger partial charge in [-0.3, -0.25) is 39.0 Å². The van der Waals surface area contributed by atoms with Crippen LogP contribution in [0.15, 0.2) is 68.1 Å². The average molecular weight is 1320 g/mol. The lowest BCUT2D eigenvalue weighted by Gasteiger charge is -2.29. The number of aromatic nitrogens is 1. The van der Waals surface area contributed by atoms with Crippen LogP contribution in [-0.4, -0.2) is 297 Å². The van der Waals surface area contributed by atoms with Gasteiger partial charge in [-0.1, -0.05) is 26.5 Å². The number of aliphatic imine (C=N–C) groups is 2. The van der Waals surface area contributed by atoms with Crippen LogP contribution in [0.1, 0.15) is 63.1 Å². The van der Waals surface area contributed by atoms with Crippen LogP contribution in [0.5, 0.6) is 0 Å². The fourth-order valence-corrected chi connectivity index (χ4v) is 13.6. The smallest absolute Gasteiger partial charge is 0.317 e.